The second kappa shape index (κ2) is 25.3. The lowest BCUT2D eigenvalue weighted by Crippen LogP contribution is -2.35. The number of piperidine rings is 1. The molecule has 1 unspecified atom stereocenters. The van der Waals surface area contributed by atoms with Crippen molar-refractivity contribution in [3.63, 3.8) is 0 Å². The minimum absolute atomic E-state index is 0.0907. The molecular formula is C33H55FN4O4S. The van der Waals surface area contributed by atoms with Crippen molar-refractivity contribution < 1.29 is 22.7 Å². The summed E-state index contributed by atoms with van der Waals surface area (Å²) in [5.74, 6) is -0.534. The van der Waals surface area contributed by atoms with Gasteiger partial charge >= 0.3 is 0 Å². The van der Waals surface area contributed by atoms with E-state index in [0.717, 1.165) is 32.7 Å². The Balaban J connectivity index is 0. The van der Waals surface area contributed by atoms with Gasteiger partial charge in [0.2, 0.25) is 0 Å². The maximum atomic E-state index is 13.7. The highest BCUT2D eigenvalue weighted by atomic mass is 32.2. The summed E-state index contributed by atoms with van der Waals surface area (Å²) in [6, 6.07) is 0. The summed E-state index contributed by atoms with van der Waals surface area (Å²) in [5, 5.41) is 13.8. The van der Waals surface area contributed by atoms with Crippen molar-refractivity contribution in [2.45, 2.75) is 72.9 Å². The second-order valence-corrected chi connectivity index (χ2v) is 12.2. The molecule has 0 bridgehead atoms. The Morgan fingerprint density at radius 2 is 1.77 bits per heavy atom. The van der Waals surface area contributed by atoms with Crippen molar-refractivity contribution in [3.8, 4) is 0 Å². The van der Waals surface area contributed by atoms with Gasteiger partial charge in [-0.25, -0.2) is 17.8 Å². The van der Waals surface area contributed by atoms with Gasteiger partial charge in [0, 0.05) is 43.7 Å². The number of nitrogens with zero attached hydrogens (tertiary/aromatic N) is 2. The number of aliphatic imine (C=N–C) groups is 1. The number of nitrogens with one attached hydrogen (secondary N) is 2. The van der Waals surface area contributed by atoms with Crippen LogP contribution in [-0.4, -0.2) is 74.6 Å². The van der Waals surface area contributed by atoms with Crippen molar-refractivity contribution in [3.05, 3.63) is 84.9 Å². The highest BCUT2D eigenvalue weighted by Crippen LogP contribution is 2.14. The molecule has 3 N–H and O–H groups in total. The number of allylic oxidation sites excluding steroid dienone is 4. The molecule has 0 radical (unpaired) electrons. The maximum absolute atomic E-state index is 13.7. The minimum atomic E-state index is -3.07. The molecule has 244 valence electrons. The molecular weight excluding hydrogens is 567 g/mol. The third kappa shape index (κ3) is 24.0. The largest absolute Gasteiger partial charge is 0.481 e. The summed E-state index contributed by atoms with van der Waals surface area (Å²) in [4.78, 5) is 15.7. The quantitative estimate of drug-likeness (QED) is 0.137. The van der Waals surface area contributed by atoms with Gasteiger partial charge in [-0.2, -0.15) is 0 Å². The molecule has 0 aromatic carbocycles. The number of carboxylic acid groups (broad SMARTS) is 1. The van der Waals surface area contributed by atoms with Crippen molar-refractivity contribution >= 4 is 21.6 Å². The summed E-state index contributed by atoms with van der Waals surface area (Å²) < 4.78 is 35.7. The van der Waals surface area contributed by atoms with Crippen LogP contribution in [0.15, 0.2) is 89.9 Å². The van der Waals surface area contributed by atoms with E-state index in [1.54, 1.807) is 12.3 Å². The van der Waals surface area contributed by atoms with Crippen LogP contribution in [0.25, 0.3) is 0 Å². The molecule has 2 heterocycles. The molecule has 0 saturated carbocycles. The summed E-state index contributed by atoms with van der Waals surface area (Å²) in [7, 11) is -3.07. The highest BCUT2D eigenvalue weighted by Gasteiger charge is 2.14. The van der Waals surface area contributed by atoms with E-state index in [9.17, 15) is 12.8 Å². The number of amidine groups is 1. The number of hydrogen-bond donors (Lipinski definition) is 3. The van der Waals surface area contributed by atoms with Crippen LogP contribution in [-0.2, 0) is 14.6 Å². The third-order valence-corrected chi connectivity index (χ3v) is 6.59. The monoisotopic (exact) mass is 622 g/mol. The van der Waals surface area contributed by atoms with Crippen molar-refractivity contribution in [2.24, 2.45) is 4.99 Å². The van der Waals surface area contributed by atoms with E-state index in [-0.39, 0.29) is 5.75 Å². The lowest BCUT2D eigenvalue weighted by molar-refractivity contribution is -0.134. The van der Waals surface area contributed by atoms with E-state index in [1.807, 2.05) is 19.9 Å². The predicted octanol–water partition coefficient (Wildman–Crippen LogP) is 6.51. The van der Waals surface area contributed by atoms with E-state index in [0.29, 0.717) is 17.8 Å². The van der Waals surface area contributed by atoms with Crippen LogP contribution in [0.2, 0.25) is 0 Å². The van der Waals surface area contributed by atoms with Gasteiger partial charge in [-0.15, -0.1) is 13.2 Å². The topological polar surface area (TPSA) is 111 Å². The lowest BCUT2D eigenvalue weighted by atomic mass is 10.1. The van der Waals surface area contributed by atoms with Crippen LogP contribution >= 0.6 is 0 Å². The first-order valence-corrected chi connectivity index (χ1v) is 16.7. The van der Waals surface area contributed by atoms with Gasteiger partial charge in [-0.1, -0.05) is 56.7 Å². The maximum Gasteiger partial charge on any atom is 0.300 e. The number of hydrogen-bond acceptors (Lipinski definition) is 6. The van der Waals surface area contributed by atoms with Crippen LogP contribution in [0.5, 0.6) is 0 Å². The number of carbonyl (C=O) groups is 1. The Labute approximate surface area is 260 Å². The smallest absolute Gasteiger partial charge is 0.300 e. The molecule has 2 aliphatic heterocycles. The fourth-order valence-electron chi connectivity index (χ4n) is 3.75. The number of likely N-dealkylation sites (tertiary alicyclic amines) is 1. The van der Waals surface area contributed by atoms with E-state index < -0.39 is 22.0 Å². The number of aliphatic carboxylic acids is 1. The lowest BCUT2D eigenvalue weighted by Gasteiger charge is -2.28. The van der Waals surface area contributed by atoms with E-state index in [4.69, 9.17) is 9.90 Å². The molecule has 43 heavy (non-hydrogen) atoms. The van der Waals surface area contributed by atoms with E-state index >= 15 is 0 Å². The number of alkyl halides is 1. The predicted molar refractivity (Wildman–Crippen MR) is 182 cm³/mol. The molecule has 0 spiro atoms. The molecule has 1 fully saturated rings. The summed E-state index contributed by atoms with van der Waals surface area (Å²) in [5.41, 5.74) is 4.30. The van der Waals surface area contributed by atoms with Gasteiger partial charge in [0.25, 0.3) is 5.97 Å². The minimum Gasteiger partial charge on any atom is -0.481 e. The first-order chi connectivity index (χ1) is 20.3. The fraction of sp³-hybridized carbons (Fsp3) is 0.515. The molecule has 1 saturated heterocycles. The van der Waals surface area contributed by atoms with Crippen LogP contribution in [0, 0.1) is 0 Å². The molecule has 2 rings (SSSR count). The Morgan fingerprint density at radius 1 is 1.16 bits per heavy atom. The normalized spacial score (nSPS) is 16.6. The zero-order chi connectivity index (χ0) is 33.3. The average Bonchev–Trinajstić information content (AvgIpc) is 2.94. The molecule has 10 heteroatoms. The zero-order valence-corrected chi connectivity index (χ0v) is 28.0. The van der Waals surface area contributed by atoms with Gasteiger partial charge in [0.1, 0.15) is 12.0 Å². The zero-order valence-electron chi connectivity index (χ0n) is 27.2. The number of rotatable bonds is 11. The first-order valence-electron chi connectivity index (χ1n) is 14.7. The van der Waals surface area contributed by atoms with Crippen LogP contribution < -0.4 is 10.6 Å². The fourth-order valence-corrected chi connectivity index (χ4v) is 4.19. The Morgan fingerprint density at radius 3 is 2.21 bits per heavy atom. The molecule has 8 nitrogen and oxygen atoms in total. The van der Waals surface area contributed by atoms with E-state index in [2.05, 4.69) is 59.3 Å². The number of carboxylic acids is 1. The van der Waals surface area contributed by atoms with Gasteiger partial charge < -0.3 is 15.7 Å². The first kappa shape index (κ1) is 41.9. The van der Waals surface area contributed by atoms with Gasteiger partial charge in [-0.3, -0.25) is 9.69 Å². The molecule has 0 amide bonds. The summed E-state index contributed by atoms with van der Waals surface area (Å²) in [6.07, 6.45) is 18.3. The molecule has 0 aromatic heterocycles. The molecule has 0 aliphatic carbocycles. The van der Waals surface area contributed by atoms with Crippen molar-refractivity contribution in [1.29, 1.82) is 0 Å². The Bertz CT molecular complexity index is 1110. The number of dihydropyridines is 1. The summed E-state index contributed by atoms with van der Waals surface area (Å²) in [6.45, 7) is 23.0. The number of halogens is 1. The standard InChI is InChI=1S/C15H25FN2O2S.C14H22N2.C2H4O2.C2H4/c1-5-7-10-17-15(14(9-6-2)13(3)16)18-11-8-12-21(4,19)20;1-12(2)13-6-7-14(15-10-13)11-16-8-4-3-5-9-16;1-2(3)4;1-2/h7-11,13H,5-6,12H2,1-4H3,(H,17,18);6-7,15H,1,3-5,8-11H2,2H3;1H3,(H,3,4);1-2H2/b10-7+,11-8+,14-9+;;;. The molecule has 1 atom stereocenters. The molecule has 2 aliphatic rings. The van der Waals surface area contributed by atoms with Gasteiger partial charge in [-0.05, 0) is 70.5 Å². The van der Waals surface area contributed by atoms with Crippen molar-refractivity contribution in [2.75, 3.05) is 38.2 Å². The van der Waals surface area contributed by atoms with E-state index in [1.165, 1.54) is 68.4 Å². The van der Waals surface area contributed by atoms with Crippen LogP contribution in [0.3, 0.4) is 0 Å². The summed E-state index contributed by atoms with van der Waals surface area (Å²) >= 11 is 0. The van der Waals surface area contributed by atoms with Gasteiger partial charge in [0.05, 0.1) is 5.75 Å². The molecule has 0 aromatic rings. The number of sulfone groups is 1. The van der Waals surface area contributed by atoms with Crippen LogP contribution in [0.4, 0.5) is 4.39 Å². The second-order valence-electron chi connectivity index (χ2n) is 9.97. The highest BCUT2D eigenvalue weighted by molar-refractivity contribution is 7.90. The third-order valence-electron chi connectivity index (χ3n) is 5.79. The Hall–Kier alpha value is -3.24. The Kier molecular flexibility index (Phi) is 24.6. The van der Waals surface area contributed by atoms with Crippen molar-refractivity contribution in [1.82, 2.24) is 15.5 Å². The SMILES string of the molecule is C=C.C=C(C)C1=CC=C(CN2CCCCC2)NC1.CC(=O)O.CC/C=C(/C(=N\C=C\CS(C)(=O)=O)N/C=C/CC)C(C)F. The van der Waals surface area contributed by atoms with Crippen LogP contribution in [0.1, 0.15) is 66.7 Å². The average molecular weight is 623 g/mol. The van der Waals surface area contributed by atoms with Gasteiger partial charge in [0.15, 0.2) is 9.84 Å².